The van der Waals surface area contributed by atoms with Crippen LogP contribution in [0.5, 0.6) is 0 Å². The Labute approximate surface area is 89.2 Å². The molecular weight excluding hydrogens is 198 g/mol. The summed E-state index contributed by atoms with van der Waals surface area (Å²) in [5.41, 5.74) is 4.88. The number of aliphatic hydroxyl groups excluding tert-OH is 1. The molecular formula is C9H19N3O3. The summed E-state index contributed by atoms with van der Waals surface area (Å²) in [6.07, 6.45) is 0. The Morgan fingerprint density at radius 3 is 2.20 bits per heavy atom. The average molecular weight is 217 g/mol. The third-order valence-corrected chi connectivity index (χ3v) is 2.26. The average Bonchev–Trinajstić information content (AvgIpc) is 2.15. The number of nitrogens with one attached hydrogen (secondary N) is 2. The molecule has 0 spiro atoms. The van der Waals surface area contributed by atoms with E-state index in [2.05, 4.69) is 10.6 Å². The predicted molar refractivity (Wildman–Crippen MR) is 56.0 cm³/mol. The maximum Gasteiger partial charge on any atom is 0.312 e. The molecule has 0 aliphatic heterocycles. The molecule has 0 aromatic heterocycles. The van der Waals surface area contributed by atoms with E-state index < -0.39 is 12.1 Å². The lowest BCUT2D eigenvalue weighted by Crippen LogP contribution is -2.50. The minimum Gasteiger partial charge on any atom is -0.396 e. The summed E-state index contributed by atoms with van der Waals surface area (Å²) < 4.78 is 0. The summed E-state index contributed by atoms with van der Waals surface area (Å²) in [7, 11) is 0. The Morgan fingerprint density at radius 1 is 1.27 bits per heavy atom. The molecule has 0 aromatic rings. The fraction of sp³-hybridized carbons (Fsp3) is 0.778. The van der Waals surface area contributed by atoms with E-state index in [1.807, 2.05) is 6.92 Å². The first-order valence-corrected chi connectivity index (χ1v) is 4.85. The van der Waals surface area contributed by atoms with Crippen molar-refractivity contribution in [2.24, 2.45) is 11.7 Å². The number of urea groups is 1. The number of carbonyl (C=O) groups is 2. The van der Waals surface area contributed by atoms with E-state index in [0.717, 1.165) is 0 Å². The Balaban J connectivity index is 4.06. The highest BCUT2D eigenvalue weighted by atomic mass is 16.3. The number of hydrogen-bond donors (Lipinski definition) is 4. The first-order chi connectivity index (χ1) is 6.88. The molecule has 3 atom stereocenters. The largest absolute Gasteiger partial charge is 0.396 e. The van der Waals surface area contributed by atoms with E-state index in [0.29, 0.717) is 0 Å². The third kappa shape index (κ3) is 5.21. The maximum atomic E-state index is 11.4. The first-order valence-electron chi connectivity index (χ1n) is 4.85. The van der Waals surface area contributed by atoms with Crippen molar-refractivity contribution in [3.05, 3.63) is 0 Å². The van der Waals surface area contributed by atoms with Gasteiger partial charge in [-0.3, -0.25) is 4.79 Å². The van der Waals surface area contributed by atoms with E-state index in [1.165, 1.54) is 6.92 Å². The van der Waals surface area contributed by atoms with Crippen molar-refractivity contribution < 1.29 is 14.7 Å². The molecule has 0 rings (SSSR count). The molecule has 0 heterocycles. The summed E-state index contributed by atoms with van der Waals surface area (Å²) in [5, 5.41) is 13.8. The molecule has 0 saturated heterocycles. The predicted octanol–water partition coefficient (Wildman–Crippen LogP) is -0.824. The zero-order chi connectivity index (χ0) is 12.0. The Kier molecular flexibility index (Phi) is 5.69. The molecule has 0 saturated carbocycles. The lowest BCUT2D eigenvalue weighted by atomic mass is 10.0. The normalized spacial score (nSPS) is 16.3. The van der Waals surface area contributed by atoms with Gasteiger partial charge in [0.05, 0.1) is 0 Å². The van der Waals surface area contributed by atoms with Gasteiger partial charge < -0.3 is 21.5 Å². The van der Waals surface area contributed by atoms with E-state index in [4.69, 9.17) is 10.8 Å². The molecule has 0 aromatic carbocycles. The van der Waals surface area contributed by atoms with Crippen molar-refractivity contribution in [3.8, 4) is 0 Å². The van der Waals surface area contributed by atoms with Crippen LogP contribution in [0.1, 0.15) is 20.8 Å². The molecule has 6 nitrogen and oxygen atoms in total. The molecule has 88 valence electrons. The van der Waals surface area contributed by atoms with E-state index in [1.54, 1.807) is 6.92 Å². The van der Waals surface area contributed by atoms with Crippen LogP contribution in [0, 0.1) is 5.92 Å². The van der Waals surface area contributed by atoms with Crippen LogP contribution in [0.2, 0.25) is 0 Å². The van der Waals surface area contributed by atoms with Crippen LogP contribution in [-0.4, -0.2) is 35.7 Å². The van der Waals surface area contributed by atoms with Gasteiger partial charge in [0.2, 0.25) is 5.91 Å². The van der Waals surface area contributed by atoms with E-state index >= 15 is 0 Å². The third-order valence-electron chi connectivity index (χ3n) is 2.26. The summed E-state index contributed by atoms with van der Waals surface area (Å²) >= 11 is 0. The number of primary amides is 1. The molecule has 6 heteroatoms. The second-order valence-electron chi connectivity index (χ2n) is 3.69. The molecule has 15 heavy (non-hydrogen) atoms. The molecule has 0 bridgehead atoms. The summed E-state index contributed by atoms with van der Waals surface area (Å²) in [6.45, 7) is 5.14. The van der Waals surface area contributed by atoms with Crippen molar-refractivity contribution >= 4 is 11.9 Å². The standard InChI is InChI=1S/C9H19N3O3/c1-5(4-13)6(2)11-8(14)7(3)12-9(10)15/h5-7,13H,4H2,1-3H3,(H,11,14)(H3,10,12,15). The lowest BCUT2D eigenvalue weighted by molar-refractivity contribution is -0.123. The highest BCUT2D eigenvalue weighted by Gasteiger charge is 2.18. The topological polar surface area (TPSA) is 104 Å². The van der Waals surface area contributed by atoms with Gasteiger partial charge in [-0.2, -0.15) is 0 Å². The second kappa shape index (κ2) is 6.23. The van der Waals surface area contributed by atoms with E-state index in [-0.39, 0.29) is 24.5 Å². The molecule has 3 amide bonds. The number of rotatable bonds is 5. The van der Waals surface area contributed by atoms with Gasteiger partial charge in [0, 0.05) is 12.6 Å². The Hall–Kier alpha value is -1.30. The van der Waals surface area contributed by atoms with E-state index in [9.17, 15) is 9.59 Å². The van der Waals surface area contributed by atoms with Gasteiger partial charge in [-0.05, 0) is 19.8 Å². The molecule has 0 aliphatic carbocycles. The SMILES string of the molecule is CC(NC(N)=O)C(=O)NC(C)C(C)CO. The highest BCUT2D eigenvalue weighted by Crippen LogP contribution is 2.00. The van der Waals surface area contributed by atoms with Gasteiger partial charge in [-0.15, -0.1) is 0 Å². The maximum absolute atomic E-state index is 11.4. The molecule has 0 radical (unpaired) electrons. The van der Waals surface area contributed by atoms with Crippen molar-refractivity contribution in [1.82, 2.24) is 10.6 Å². The zero-order valence-electron chi connectivity index (χ0n) is 9.28. The molecule has 0 aliphatic rings. The van der Waals surface area contributed by atoms with Gasteiger partial charge in [0.25, 0.3) is 0 Å². The van der Waals surface area contributed by atoms with Gasteiger partial charge in [-0.1, -0.05) is 6.92 Å². The van der Waals surface area contributed by atoms with Crippen LogP contribution in [-0.2, 0) is 4.79 Å². The van der Waals surface area contributed by atoms with Gasteiger partial charge in [-0.25, -0.2) is 4.79 Å². The molecule has 0 fully saturated rings. The fourth-order valence-electron chi connectivity index (χ4n) is 0.929. The van der Waals surface area contributed by atoms with Gasteiger partial charge in [0.1, 0.15) is 6.04 Å². The van der Waals surface area contributed by atoms with Crippen LogP contribution in [0.25, 0.3) is 0 Å². The van der Waals surface area contributed by atoms with Gasteiger partial charge in [0.15, 0.2) is 0 Å². The number of aliphatic hydroxyl groups is 1. The number of carbonyl (C=O) groups excluding carboxylic acids is 2. The van der Waals surface area contributed by atoms with Crippen LogP contribution >= 0.6 is 0 Å². The first kappa shape index (κ1) is 13.7. The second-order valence-corrected chi connectivity index (χ2v) is 3.69. The van der Waals surface area contributed by atoms with Crippen LogP contribution in [0.4, 0.5) is 4.79 Å². The minimum atomic E-state index is -0.736. The summed E-state index contributed by atoms with van der Waals surface area (Å²) in [4.78, 5) is 21.9. The summed E-state index contributed by atoms with van der Waals surface area (Å²) in [6, 6.07) is -1.56. The van der Waals surface area contributed by atoms with Crippen LogP contribution < -0.4 is 16.4 Å². The number of nitrogens with two attached hydrogens (primary N) is 1. The number of amides is 3. The monoisotopic (exact) mass is 217 g/mol. The van der Waals surface area contributed by atoms with Crippen molar-refractivity contribution in [2.45, 2.75) is 32.9 Å². The van der Waals surface area contributed by atoms with Crippen molar-refractivity contribution in [2.75, 3.05) is 6.61 Å². The van der Waals surface area contributed by atoms with Crippen LogP contribution in [0.15, 0.2) is 0 Å². The lowest BCUT2D eigenvalue weighted by Gasteiger charge is -2.21. The molecule has 5 N–H and O–H groups in total. The highest BCUT2D eigenvalue weighted by molar-refractivity contribution is 5.86. The van der Waals surface area contributed by atoms with Gasteiger partial charge >= 0.3 is 6.03 Å². The molecule has 3 unspecified atom stereocenters. The summed E-state index contributed by atoms with van der Waals surface area (Å²) in [5.74, 6) is -0.351. The zero-order valence-corrected chi connectivity index (χ0v) is 9.28. The Bertz CT molecular complexity index is 233. The smallest absolute Gasteiger partial charge is 0.312 e. The fourth-order valence-corrected chi connectivity index (χ4v) is 0.929. The van der Waals surface area contributed by atoms with Crippen LogP contribution in [0.3, 0.4) is 0 Å². The quantitative estimate of drug-likeness (QED) is 0.483. The van der Waals surface area contributed by atoms with Crippen molar-refractivity contribution in [1.29, 1.82) is 0 Å². The van der Waals surface area contributed by atoms with Crippen molar-refractivity contribution in [3.63, 3.8) is 0 Å². The Morgan fingerprint density at radius 2 is 1.80 bits per heavy atom. The number of hydrogen-bond acceptors (Lipinski definition) is 3. The minimum absolute atomic E-state index is 0.000917.